The molecule has 6 aromatic carbocycles. The molecule has 2 heterocycles. The molecule has 2 aromatic heterocycles. The summed E-state index contributed by atoms with van der Waals surface area (Å²) < 4.78 is 4.96. The molecule has 51 heavy (non-hydrogen) atoms. The number of allylic oxidation sites excluding steroid dienone is 6. The summed E-state index contributed by atoms with van der Waals surface area (Å²) in [6.45, 7) is 5.38. The lowest BCUT2D eigenvalue weighted by atomic mass is 9.95. The number of para-hydroxylation sites is 4. The van der Waals surface area contributed by atoms with Gasteiger partial charge >= 0.3 is 0 Å². The van der Waals surface area contributed by atoms with Crippen molar-refractivity contribution in [2.45, 2.75) is 39.2 Å². The Balaban J connectivity index is 1.23. The molecule has 0 fully saturated rings. The number of benzene rings is 6. The zero-order valence-electron chi connectivity index (χ0n) is 29.2. The summed E-state index contributed by atoms with van der Waals surface area (Å²) in [6, 6.07) is 51.3. The Hall–Kier alpha value is -6.06. The molecule has 0 bridgehead atoms. The van der Waals surface area contributed by atoms with Gasteiger partial charge in [-0.1, -0.05) is 135 Å². The van der Waals surface area contributed by atoms with E-state index in [4.69, 9.17) is 0 Å². The van der Waals surface area contributed by atoms with E-state index in [0.717, 1.165) is 25.1 Å². The number of hydrogen-bond donors (Lipinski definition) is 0. The average molecular weight is 660 g/mol. The lowest BCUT2D eigenvalue weighted by Crippen LogP contribution is -2.18. The van der Waals surface area contributed by atoms with E-state index in [1.54, 1.807) is 0 Å². The standard InChI is InChI=1S/C48H41N3/c1-3-34(2)39-21-11-14-24-44(39)49(36-17-9-6-10-18-36)33-35-27-29-38(30-28-35)51-46-26-16-13-23-41(46)43-32-31-42-40-22-12-15-25-45(40)50(47(42)48(43)51)37-19-7-4-5-8-20-37/h4-7,9-32,34H,3,8,33H2,1-2H3. The van der Waals surface area contributed by atoms with E-state index in [0.29, 0.717) is 5.92 Å². The monoisotopic (exact) mass is 659 g/mol. The van der Waals surface area contributed by atoms with Crippen molar-refractivity contribution in [1.29, 1.82) is 0 Å². The molecule has 0 radical (unpaired) electrons. The van der Waals surface area contributed by atoms with Crippen LogP contribution in [-0.4, -0.2) is 9.13 Å². The van der Waals surface area contributed by atoms with Gasteiger partial charge in [0.25, 0.3) is 0 Å². The van der Waals surface area contributed by atoms with Gasteiger partial charge in [0.2, 0.25) is 0 Å². The quantitative estimate of drug-likeness (QED) is 0.158. The minimum atomic E-state index is 0.470. The van der Waals surface area contributed by atoms with Gasteiger partial charge in [-0.05, 0) is 78.4 Å². The van der Waals surface area contributed by atoms with E-state index < -0.39 is 0 Å². The molecule has 9 rings (SSSR count). The number of hydrogen-bond acceptors (Lipinski definition) is 1. The van der Waals surface area contributed by atoms with Crippen LogP contribution >= 0.6 is 0 Å². The molecule has 1 aliphatic rings. The van der Waals surface area contributed by atoms with Crippen LogP contribution in [0.1, 0.15) is 43.7 Å². The van der Waals surface area contributed by atoms with Crippen molar-refractivity contribution in [3.05, 3.63) is 181 Å². The predicted octanol–water partition coefficient (Wildman–Crippen LogP) is 13.1. The summed E-state index contributed by atoms with van der Waals surface area (Å²) >= 11 is 0. The molecule has 0 aliphatic heterocycles. The Morgan fingerprint density at radius 2 is 1.24 bits per heavy atom. The van der Waals surface area contributed by atoms with Crippen LogP contribution in [0.3, 0.4) is 0 Å². The first-order valence-corrected chi connectivity index (χ1v) is 18.2. The highest BCUT2D eigenvalue weighted by Crippen LogP contribution is 2.42. The van der Waals surface area contributed by atoms with E-state index in [1.807, 2.05) is 0 Å². The molecule has 1 aliphatic carbocycles. The summed E-state index contributed by atoms with van der Waals surface area (Å²) in [7, 11) is 0. The van der Waals surface area contributed by atoms with Gasteiger partial charge in [0.05, 0.1) is 22.1 Å². The number of aromatic nitrogens is 2. The van der Waals surface area contributed by atoms with Crippen LogP contribution in [0.25, 0.3) is 55.0 Å². The minimum absolute atomic E-state index is 0.470. The van der Waals surface area contributed by atoms with Crippen molar-refractivity contribution in [1.82, 2.24) is 9.13 Å². The molecule has 1 unspecified atom stereocenters. The van der Waals surface area contributed by atoms with Gasteiger partial charge in [-0.15, -0.1) is 0 Å². The average Bonchev–Trinajstić information content (AvgIpc) is 3.56. The van der Waals surface area contributed by atoms with Gasteiger partial charge in [-0.25, -0.2) is 0 Å². The van der Waals surface area contributed by atoms with Crippen LogP contribution in [0.15, 0.2) is 170 Å². The molecule has 0 saturated heterocycles. The molecule has 1 atom stereocenters. The third-order valence-electron chi connectivity index (χ3n) is 10.7. The maximum Gasteiger partial charge on any atom is 0.0788 e. The van der Waals surface area contributed by atoms with Crippen molar-refractivity contribution < 1.29 is 0 Å². The van der Waals surface area contributed by atoms with Crippen LogP contribution in [0.4, 0.5) is 11.4 Å². The van der Waals surface area contributed by atoms with Crippen LogP contribution in [-0.2, 0) is 6.54 Å². The van der Waals surface area contributed by atoms with E-state index in [1.165, 1.54) is 71.8 Å². The highest BCUT2D eigenvalue weighted by molar-refractivity contribution is 6.24. The van der Waals surface area contributed by atoms with Gasteiger partial charge in [0, 0.05) is 50.8 Å². The number of nitrogens with zero attached hydrogens (tertiary/aromatic N) is 3. The SMILES string of the molecule is CCC(C)c1ccccc1N(Cc1ccc(-n2c3ccccc3c3ccc4c5ccccc5n(C5=CCC=CC=C5)c4c32)cc1)c1ccccc1. The summed E-state index contributed by atoms with van der Waals surface area (Å²) in [6.07, 6.45) is 13.1. The van der Waals surface area contributed by atoms with Gasteiger partial charge in [0.1, 0.15) is 0 Å². The molecular weight excluding hydrogens is 619 g/mol. The maximum atomic E-state index is 2.48. The molecule has 0 N–H and O–H groups in total. The summed E-state index contributed by atoms with van der Waals surface area (Å²) in [4.78, 5) is 2.47. The highest BCUT2D eigenvalue weighted by atomic mass is 15.1. The zero-order chi connectivity index (χ0) is 34.3. The first-order valence-electron chi connectivity index (χ1n) is 18.2. The van der Waals surface area contributed by atoms with Crippen molar-refractivity contribution in [3.63, 3.8) is 0 Å². The molecule has 0 saturated carbocycles. The molecule has 3 heteroatoms. The van der Waals surface area contributed by atoms with Crippen LogP contribution in [0.2, 0.25) is 0 Å². The van der Waals surface area contributed by atoms with E-state index in [-0.39, 0.29) is 0 Å². The summed E-state index contributed by atoms with van der Waals surface area (Å²) in [5, 5.41) is 5.06. The fourth-order valence-electron chi connectivity index (χ4n) is 8.00. The first-order chi connectivity index (χ1) is 25.2. The number of rotatable bonds is 8. The van der Waals surface area contributed by atoms with Crippen LogP contribution < -0.4 is 4.90 Å². The fraction of sp³-hybridized carbons (Fsp3) is 0.125. The largest absolute Gasteiger partial charge is 0.337 e. The van der Waals surface area contributed by atoms with Gasteiger partial charge < -0.3 is 14.0 Å². The second-order valence-electron chi connectivity index (χ2n) is 13.7. The number of anilines is 2. The molecule has 3 nitrogen and oxygen atoms in total. The second-order valence-corrected chi connectivity index (χ2v) is 13.7. The Bertz CT molecular complexity index is 2630. The summed E-state index contributed by atoms with van der Waals surface area (Å²) in [5.74, 6) is 0.470. The summed E-state index contributed by atoms with van der Waals surface area (Å²) in [5.41, 5.74) is 12.4. The molecule has 8 aromatic rings. The van der Waals surface area contributed by atoms with Gasteiger partial charge in [0.15, 0.2) is 0 Å². The smallest absolute Gasteiger partial charge is 0.0788 e. The van der Waals surface area contributed by atoms with E-state index in [2.05, 4.69) is 198 Å². The normalized spacial score (nSPS) is 13.6. The second kappa shape index (κ2) is 13.0. The third-order valence-corrected chi connectivity index (χ3v) is 10.7. The van der Waals surface area contributed by atoms with Gasteiger partial charge in [-0.3, -0.25) is 0 Å². The molecular formula is C48H41N3. The minimum Gasteiger partial charge on any atom is -0.337 e. The Labute approximate surface area is 299 Å². The first kappa shape index (κ1) is 31.0. The van der Waals surface area contributed by atoms with E-state index >= 15 is 0 Å². The van der Waals surface area contributed by atoms with Crippen LogP contribution in [0.5, 0.6) is 0 Å². The molecule has 248 valence electrons. The van der Waals surface area contributed by atoms with Crippen molar-refractivity contribution >= 4 is 60.7 Å². The Morgan fingerprint density at radius 1 is 0.608 bits per heavy atom. The lowest BCUT2D eigenvalue weighted by molar-refractivity contribution is 0.730. The highest BCUT2D eigenvalue weighted by Gasteiger charge is 2.22. The molecule has 0 spiro atoms. The van der Waals surface area contributed by atoms with Crippen LogP contribution in [0, 0.1) is 0 Å². The van der Waals surface area contributed by atoms with Crippen molar-refractivity contribution in [3.8, 4) is 5.69 Å². The fourth-order valence-corrected chi connectivity index (χ4v) is 8.00. The Morgan fingerprint density at radius 3 is 1.96 bits per heavy atom. The zero-order valence-corrected chi connectivity index (χ0v) is 29.2. The third kappa shape index (κ3) is 5.28. The maximum absolute atomic E-state index is 2.48. The lowest BCUT2D eigenvalue weighted by Gasteiger charge is -2.29. The number of fused-ring (bicyclic) bond motifs is 7. The van der Waals surface area contributed by atoms with E-state index in [9.17, 15) is 0 Å². The predicted molar refractivity (Wildman–Crippen MR) is 218 cm³/mol. The Kier molecular flexibility index (Phi) is 7.89. The van der Waals surface area contributed by atoms with Gasteiger partial charge in [-0.2, -0.15) is 0 Å². The van der Waals surface area contributed by atoms with Crippen molar-refractivity contribution in [2.75, 3.05) is 4.90 Å². The molecule has 0 amide bonds. The topological polar surface area (TPSA) is 13.1 Å². The van der Waals surface area contributed by atoms with Crippen molar-refractivity contribution in [2.24, 2.45) is 0 Å².